The molecule has 0 aliphatic heterocycles. The third kappa shape index (κ3) is 3.87. The lowest BCUT2D eigenvalue weighted by atomic mass is 10.2. The van der Waals surface area contributed by atoms with Crippen LogP contribution < -0.4 is 20.7 Å². The van der Waals surface area contributed by atoms with E-state index in [1.807, 2.05) is 12.1 Å². The fourth-order valence-electron chi connectivity index (χ4n) is 1.75. The van der Waals surface area contributed by atoms with Crippen molar-refractivity contribution in [3.8, 4) is 11.5 Å². The number of methoxy groups -OCH3 is 1. The lowest BCUT2D eigenvalue weighted by Crippen LogP contribution is -2.29. The minimum absolute atomic E-state index is 0.371. The van der Waals surface area contributed by atoms with Gasteiger partial charge in [-0.3, -0.25) is 10.2 Å². The predicted octanol–water partition coefficient (Wildman–Crippen LogP) is 2.53. The van der Waals surface area contributed by atoms with Crippen LogP contribution in [0.3, 0.4) is 0 Å². The SMILES string of the molecule is COc1cc(C(=O)NN)ccc1OCc1ccc(Cl)cc1. The Morgan fingerprint density at radius 2 is 1.90 bits per heavy atom. The number of hydrogen-bond acceptors (Lipinski definition) is 4. The average Bonchev–Trinajstić information content (AvgIpc) is 2.53. The summed E-state index contributed by atoms with van der Waals surface area (Å²) in [5.41, 5.74) is 3.44. The van der Waals surface area contributed by atoms with Gasteiger partial charge in [0.15, 0.2) is 11.5 Å². The number of nitrogens with one attached hydrogen (secondary N) is 1. The summed E-state index contributed by atoms with van der Waals surface area (Å²) in [7, 11) is 1.51. The van der Waals surface area contributed by atoms with Gasteiger partial charge in [-0.05, 0) is 35.9 Å². The van der Waals surface area contributed by atoms with Crippen LogP contribution in [0.1, 0.15) is 15.9 Å². The molecule has 0 saturated heterocycles. The van der Waals surface area contributed by atoms with Crippen molar-refractivity contribution in [1.29, 1.82) is 0 Å². The van der Waals surface area contributed by atoms with E-state index >= 15 is 0 Å². The van der Waals surface area contributed by atoms with E-state index in [0.29, 0.717) is 28.7 Å². The average molecular weight is 307 g/mol. The van der Waals surface area contributed by atoms with Crippen molar-refractivity contribution in [3.05, 3.63) is 58.6 Å². The second kappa shape index (κ2) is 6.97. The molecule has 21 heavy (non-hydrogen) atoms. The van der Waals surface area contributed by atoms with Gasteiger partial charge < -0.3 is 9.47 Å². The van der Waals surface area contributed by atoms with E-state index in [2.05, 4.69) is 5.43 Å². The molecule has 2 rings (SSSR count). The monoisotopic (exact) mass is 306 g/mol. The maximum Gasteiger partial charge on any atom is 0.265 e. The van der Waals surface area contributed by atoms with E-state index in [1.165, 1.54) is 7.11 Å². The van der Waals surface area contributed by atoms with Gasteiger partial charge in [-0.25, -0.2) is 5.84 Å². The van der Waals surface area contributed by atoms with E-state index in [9.17, 15) is 4.79 Å². The lowest BCUT2D eigenvalue weighted by molar-refractivity contribution is 0.0953. The molecule has 0 aliphatic carbocycles. The summed E-state index contributed by atoms with van der Waals surface area (Å²) in [6.07, 6.45) is 0. The molecule has 0 aromatic heterocycles. The highest BCUT2D eigenvalue weighted by Gasteiger charge is 2.10. The Morgan fingerprint density at radius 3 is 2.52 bits per heavy atom. The Morgan fingerprint density at radius 1 is 1.19 bits per heavy atom. The topological polar surface area (TPSA) is 73.6 Å². The largest absolute Gasteiger partial charge is 0.493 e. The summed E-state index contributed by atoms with van der Waals surface area (Å²) < 4.78 is 10.9. The van der Waals surface area contributed by atoms with Crippen LogP contribution in [0, 0.1) is 0 Å². The Kier molecular flexibility index (Phi) is 5.03. The zero-order chi connectivity index (χ0) is 15.2. The van der Waals surface area contributed by atoms with Crippen molar-refractivity contribution in [2.45, 2.75) is 6.61 Å². The van der Waals surface area contributed by atoms with Crippen molar-refractivity contribution in [2.75, 3.05) is 7.11 Å². The number of ether oxygens (including phenoxy) is 2. The zero-order valence-electron chi connectivity index (χ0n) is 11.4. The number of nitrogens with two attached hydrogens (primary N) is 1. The molecular formula is C15H15ClN2O3. The highest BCUT2D eigenvalue weighted by Crippen LogP contribution is 2.28. The number of hydrazine groups is 1. The van der Waals surface area contributed by atoms with Crippen molar-refractivity contribution >= 4 is 17.5 Å². The van der Waals surface area contributed by atoms with Crippen molar-refractivity contribution < 1.29 is 14.3 Å². The van der Waals surface area contributed by atoms with Crippen LogP contribution >= 0.6 is 11.6 Å². The molecule has 0 radical (unpaired) electrons. The van der Waals surface area contributed by atoms with Gasteiger partial charge in [0, 0.05) is 10.6 Å². The number of carbonyl (C=O) groups is 1. The Hall–Kier alpha value is -2.24. The first kappa shape index (κ1) is 15.2. The van der Waals surface area contributed by atoms with Gasteiger partial charge in [-0.2, -0.15) is 0 Å². The first-order chi connectivity index (χ1) is 10.1. The second-order valence-corrected chi connectivity index (χ2v) is 4.69. The number of amides is 1. The van der Waals surface area contributed by atoms with Gasteiger partial charge in [-0.15, -0.1) is 0 Å². The summed E-state index contributed by atoms with van der Waals surface area (Å²) in [6, 6.07) is 12.2. The van der Waals surface area contributed by atoms with Crippen molar-refractivity contribution in [3.63, 3.8) is 0 Å². The van der Waals surface area contributed by atoms with E-state index in [0.717, 1.165) is 5.56 Å². The molecule has 2 aromatic carbocycles. The van der Waals surface area contributed by atoms with Crippen LogP contribution in [-0.4, -0.2) is 13.0 Å². The summed E-state index contributed by atoms with van der Waals surface area (Å²) in [5.74, 6) is 5.71. The minimum atomic E-state index is -0.391. The Balaban J connectivity index is 2.12. The first-order valence-electron chi connectivity index (χ1n) is 6.20. The summed E-state index contributed by atoms with van der Waals surface area (Å²) in [5, 5.41) is 0.675. The quantitative estimate of drug-likeness (QED) is 0.506. The van der Waals surface area contributed by atoms with E-state index in [-0.39, 0.29) is 0 Å². The van der Waals surface area contributed by atoms with Gasteiger partial charge in [0.1, 0.15) is 6.61 Å². The Bertz CT molecular complexity index is 629. The molecule has 0 saturated carbocycles. The van der Waals surface area contributed by atoms with E-state index in [4.69, 9.17) is 26.9 Å². The Labute approximate surface area is 127 Å². The van der Waals surface area contributed by atoms with Crippen molar-refractivity contribution in [2.24, 2.45) is 5.84 Å². The predicted molar refractivity (Wildman–Crippen MR) is 80.4 cm³/mol. The fraction of sp³-hybridized carbons (Fsp3) is 0.133. The molecule has 1 amide bonds. The molecule has 110 valence electrons. The fourth-order valence-corrected chi connectivity index (χ4v) is 1.88. The molecule has 0 fully saturated rings. The van der Waals surface area contributed by atoms with Crippen LogP contribution in [0.15, 0.2) is 42.5 Å². The third-order valence-corrected chi connectivity index (χ3v) is 3.12. The molecule has 2 aromatic rings. The molecule has 6 heteroatoms. The van der Waals surface area contributed by atoms with Crippen LogP contribution in [0.2, 0.25) is 5.02 Å². The van der Waals surface area contributed by atoms with Crippen LogP contribution in [0.4, 0.5) is 0 Å². The number of rotatable bonds is 5. The molecule has 3 N–H and O–H groups in total. The number of nitrogen functional groups attached to an aromatic ring is 1. The molecule has 5 nitrogen and oxygen atoms in total. The van der Waals surface area contributed by atoms with Gasteiger partial charge in [0.2, 0.25) is 0 Å². The number of halogens is 1. The normalized spacial score (nSPS) is 10.0. The molecule has 0 atom stereocenters. The van der Waals surface area contributed by atoms with Crippen molar-refractivity contribution in [1.82, 2.24) is 5.43 Å². The maximum atomic E-state index is 11.5. The van der Waals surface area contributed by atoms with Gasteiger partial charge in [-0.1, -0.05) is 23.7 Å². The van der Waals surface area contributed by atoms with Gasteiger partial charge in [0.25, 0.3) is 5.91 Å². The highest BCUT2D eigenvalue weighted by molar-refractivity contribution is 6.30. The summed E-state index contributed by atoms with van der Waals surface area (Å²) in [4.78, 5) is 11.5. The third-order valence-electron chi connectivity index (χ3n) is 2.86. The number of benzene rings is 2. The smallest absolute Gasteiger partial charge is 0.265 e. The number of hydrogen-bond donors (Lipinski definition) is 2. The molecule has 0 spiro atoms. The molecule has 0 unspecified atom stereocenters. The maximum absolute atomic E-state index is 11.5. The first-order valence-corrected chi connectivity index (χ1v) is 6.58. The number of carbonyl (C=O) groups excluding carboxylic acids is 1. The summed E-state index contributed by atoms with van der Waals surface area (Å²) >= 11 is 5.83. The molecular weight excluding hydrogens is 292 g/mol. The van der Waals surface area contributed by atoms with Gasteiger partial charge >= 0.3 is 0 Å². The van der Waals surface area contributed by atoms with Gasteiger partial charge in [0.05, 0.1) is 7.11 Å². The van der Waals surface area contributed by atoms with E-state index < -0.39 is 5.91 Å². The standard InChI is InChI=1S/C15H15ClN2O3/c1-20-14-8-11(15(19)18-17)4-7-13(14)21-9-10-2-5-12(16)6-3-10/h2-8H,9,17H2,1H3,(H,18,19). The summed E-state index contributed by atoms with van der Waals surface area (Å²) in [6.45, 7) is 0.371. The highest BCUT2D eigenvalue weighted by atomic mass is 35.5. The minimum Gasteiger partial charge on any atom is -0.493 e. The van der Waals surface area contributed by atoms with E-state index in [1.54, 1.807) is 30.3 Å². The lowest BCUT2D eigenvalue weighted by Gasteiger charge is -2.12. The van der Waals surface area contributed by atoms with Crippen LogP contribution in [0.25, 0.3) is 0 Å². The molecule has 0 bridgehead atoms. The zero-order valence-corrected chi connectivity index (χ0v) is 12.2. The second-order valence-electron chi connectivity index (χ2n) is 4.25. The molecule has 0 aliphatic rings. The molecule has 0 heterocycles. The van der Waals surface area contributed by atoms with Crippen LogP contribution in [0.5, 0.6) is 11.5 Å². The van der Waals surface area contributed by atoms with Crippen LogP contribution in [-0.2, 0) is 6.61 Å².